The number of sulfonamides is 1. The number of hydrogen-bond donors (Lipinski definition) is 4. The Morgan fingerprint density at radius 3 is 2.11 bits per heavy atom. The quantitative estimate of drug-likeness (QED) is 0.215. The zero-order valence-corrected chi connectivity index (χ0v) is 30.2. The maximum atomic E-state index is 14.5. The van der Waals surface area contributed by atoms with Crippen molar-refractivity contribution in [1.82, 2.24) is 30.5 Å². The molecular formula is C33H58N6O7S. The molecule has 2 heterocycles. The summed E-state index contributed by atoms with van der Waals surface area (Å²) in [6.07, 6.45) is 6.20. The average Bonchev–Trinajstić information content (AvgIpc) is 3.61. The van der Waals surface area contributed by atoms with Gasteiger partial charge in [-0.1, -0.05) is 67.2 Å². The highest BCUT2D eigenvalue weighted by molar-refractivity contribution is 7.89. The van der Waals surface area contributed by atoms with Crippen LogP contribution in [0, 0.1) is 23.2 Å². The van der Waals surface area contributed by atoms with Crippen molar-refractivity contribution in [2.75, 3.05) is 32.4 Å². The average molecular weight is 683 g/mol. The fraction of sp³-hybridized carbons (Fsp3) is 0.848. The van der Waals surface area contributed by atoms with Gasteiger partial charge in [-0.05, 0) is 55.3 Å². The van der Waals surface area contributed by atoms with Crippen LogP contribution in [-0.2, 0) is 29.2 Å². The Hall–Kier alpha value is -2.74. The smallest absolute Gasteiger partial charge is 0.315 e. The third kappa shape index (κ3) is 10.1. The monoisotopic (exact) mass is 682 g/mol. The molecule has 0 aromatic heterocycles. The highest BCUT2D eigenvalue weighted by atomic mass is 32.2. The topological polar surface area (TPSA) is 174 Å². The van der Waals surface area contributed by atoms with Gasteiger partial charge in [0.05, 0.1) is 11.8 Å². The molecule has 1 aliphatic carbocycles. The number of carbonyl (C=O) groups is 5. The number of rotatable bonds is 13. The fourth-order valence-electron chi connectivity index (χ4n) is 6.95. The van der Waals surface area contributed by atoms with Crippen LogP contribution < -0.4 is 21.3 Å². The molecule has 3 aliphatic rings. The zero-order chi connectivity index (χ0) is 35.1. The second-order valence-electron chi connectivity index (χ2n) is 15.0. The van der Waals surface area contributed by atoms with Crippen molar-refractivity contribution in [2.45, 2.75) is 123 Å². The molecule has 2 saturated heterocycles. The molecule has 47 heavy (non-hydrogen) atoms. The number of urea groups is 1. The van der Waals surface area contributed by atoms with E-state index in [1.165, 1.54) is 11.4 Å². The maximum Gasteiger partial charge on any atom is 0.315 e. The lowest BCUT2D eigenvalue weighted by Crippen LogP contribution is -2.60. The number of ketones is 1. The van der Waals surface area contributed by atoms with Crippen molar-refractivity contribution in [3.63, 3.8) is 0 Å². The Labute approximate surface area is 281 Å². The van der Waals surface area contributed by atoms with Crippen LogP contribution in [-0.4, -0.2) is 104 Å². The van der Waals surface area contributed by atoms with Crippen LogP contribution in [0.25, 0.3) is 0 Å². The highest BCUT2D eigenvalue weighted by Crippen LogP contribution is 2.33. The van der Waals surface area contributed by atoms with Crippen LogP contribution >= 0.6 is 0 Å². The molecule has 3 fully saturated rings. The van der Waals surface area contributed by atoms with Gasteiger partial charge in [-0.25, -0.2) is 13.2 Å². The Balaban J connectivity index is 1.86. The molecular weight excluding hydrogens is 624 g/mol. The molecule has 2 aliphatic heterocycles. The van der Waals surface area contributed by atoms with E-state index in [1.807, 2.05) is 41.5 Å². The summed E-state index contributed by atoms with van der Waals surface area (Å²) in [5.41, 5.74) is -0.469. The van der Waals surface area contributed by atoms with Gasteiger partial charge in [-0.3, -0.25) is 19.2 Å². The molecule has 5 atom stereocenters. The summed E-state index contributed by atoms with van der Waals surface area (Å²) < 4.78 is 26.5. The van der Waals surface area contributed by atoms with Gasteiger partial charge in [0.1, 0.15) is 12.1 Å². The lowest BCUT2D eigenvalue weighted by Gasteiger charge is -2.37. The molecule has 0 spiro atoms. The number of likely N-dealkylation sites (tertiary alicyclic amines) is 1. The van der Waals surface area contributed by atoms with E-state index in [4.69, 9.17) is 0 Å². The fourth-order valence-corrected chi connectivity index (χ4v) is 8.49. The van der Waals surface area contributed by atoms with Crippen LogP contribution in [0.1, 0.15) is 99.3 Å². The third-order valence-electron chi connectivity index (χ3n) is 10.1. The number of Topliss-reactive ketones (excluding diaryl/α,β-unsaturated/α-hetero) is 1. The normalized spacial score (nSPS) is 24.0. The summed E-state index contributed by atoms with van der Waals surface area (Å²) in [4.78, 5) is 68.4. The second kappa shape index (κ2) is 16.6. The maximum absolute atomic E-state index is 14.5. The molecule has 14 heteroatoms. The predicted molar refractivity (Wildman–Crippen MR) is 180 cm³/mol. The highest BCUT2D eigenvalue weighted by Gasteiger charge is 2.46. The molecule has 0 radical (unpaired) electrons. The molecule has 4 N–H and O–H groups in total. The van der Waals surface area contributed by atoms with Gasteiger partial charge in [0, 0.05) is 32.7 Å². The first-order chi connectivity index (χ1) is 22.0. The van der Waals surface area contributed by atoms with E-state index in [0.717, 1.165) is 32.1 Å². The van der Waals surface area contributed by atoms with Crippen molar-refractivity contribution in [3.05, 3.63) is 0 Å². The molecule has 0 aromatic rings. The van der Waals surface area contributed by atoms with Gasteiger partial charge < -0.3 is 26.2 Å². The van der Waals surface area contributed by atoms with Gasteiger partial charge in [-0.15, -0.1) is 0 Å². The molecule has 3 rings (SSSR count). The van der Waals surface area contributed by atoms with Crippen molar-refractivity contribution in [2.24, 2.45) is 23.2 Å². The number of hydrogen-bond acceptors (Lipinski definition) is 7. The van der Waals surface area contributed by atoms with E-state index in [0.29, 0.717) is 32.4 Å². The first kappa shape index (κ1) is 38.7. The Kier molecular flexibility index (Phi) is 13.7. The number of likely N-dealkylation sites (N-methyl/N-ethyl adjacent to an activating group) is 1. The summed E-state index contributed by atoms with van der Waals surface area (Å²) in [7, 11) is -2.01. The minimum atomic E-state index is -3.37. The molecule has 5 amide bonds. The SMILES string of the molecule is CCCC(NC(=O)[C@@H]1CC(C(C)C)CN1C(=O)[C@@H](NC(=O)N[C@H](CN1CCCS1(=O)=O)C(C)(C)C)C1CCCCC1)C(=O)C(=O)NC. The van der Waals surface area contributed by atoms with Gasteiger partial charge in [-0.2, -0.15) is 4.31 Å². The van der Waals surface area contributed by atoms with Gasteiger partial charge >= 0.3 is 6.03 Å². The van der Waals surface area contributed by atoms with Crippen molar-refractivity contribution >= 4 is 39.6 Å². The molecule has 1 saturated carbocycles. The minimum Gasteiger partial charge on any atom is -0.353 e. The summed E-state index contributed by atoms with van der Waals surface area (Å²) in [5.74, 6) is -2.16. The van der Waals surface area contributed by atoms with Gasteiger partial charge in [0.25, 0.3) is 5.91 Å². The molecule has 0 bridgehead atoms. The van der Waals surface area contributed by atoms with E-state index in [-0.39, 0.29) is 42.4 Å². The van der Waals surface area contributed by atoms with Crippen LogP contribution in [0.2, 0.25) is 0 Å². The standard InChI is InChI=1S/C33H58N6O7S/c1-8-13-24(28(40)30(42)34-7)35-29(41)25-18-23(21(2)3)19-39(25)31(43)27(22-14-10-9-11-15-22)37-32(44)36-26(33(4,5)6)20-38-16-12-17-47(38,45)46/h21-27H,8-20H2,1-7H3,(H,34,42)(H,35,41)(H2,36,37,44)/t23?,24?,25-,26+,27-/m0/s1. The molecule has 268 valence electrons. The molecule has 0 aromatic carbocycles. The van der Waals surface area contributed by atoms with E-state index >= 15 is 0 Å². The molecule has 13 nitrogen and oxygen atoms in total. The number of nitrogens with one attached hydrogen (secondary N) is 4. The van der Waals surface area contributed by atoms with Crippen molar-refractivity contribution < 1.29 is 32.4 Å². The summed E-state index contributed by atoms with van der Waals surface area (Å²) in [6, 6.07) is -3.81. The Morgan fingerprint density at radius 1 is 0.915 bits per heavy atom. The number of amides is 5. The van der Waals surface area contributed by atoms with E-state index < -0.39 is 63.2 Å². The number of nitrogens with zero attached hydrogens (tertiary/aromatic N) is 2. The Morgan fingerprint density at radius 2 is 1.57 bits per heavy atom. The van der Waals surface area contributed by atoms with Crippen LogP contribution in [0.5, 0.6) is 0 Å². The third-order valence-corrected chi connectivity index (χ3v) is 12.1. The molecule has 2 unspecified atom stereocenters. The lowest BCUT2D eigenvalue weighted by atomic mass is 9.83. The van der Waals surface area contributed by atoms with Crippen molar-refractivity contribution in [1.29, 1.82) is 0 Å². The first-order valence-electron chi connectivity index (χ1n) is 17.4. The summed E-state index contributed by atoms with van der Waals surface area (Å²) >= 11 is 0. The predicted octanol–water partition coefficient (Wildman–Crippen LogP) is 2.16. The zero-order valence-electron chi connectivity index (χ0n) is 29.4. The van der Waals surface area contributed by atoms with Gasteiger partial charge in [0.15, 0.2) is 0 Å². The number of carbonyl (C=O) groups excluding carboxylic acids is 5. The minimum absolute atomic E-state index is 0.0301. The first-order valence-corrected chi connectivity index (χ1v) is 19.0. The lowest BCUT2D eigenvalue weighted by molar-refractivity contribution is -0.143. The largest absolute Gasteiger partial charge is 0.353 e. The van der Waals surface area contributed by atoms with Crippen LogP contribution in [0.3, 0.4) is 0 Å². The van der Waals surface area contributed by atoms with Crippen LogP contribution in [0.4, 0.5) is 4.79 Å². The van der Waals surface area contributed by atoms with E-state index in [9.17, 15) is 32.4 Å². The second-order valence-corrected chi connectivity index (χ2v) is 17.1. The van der Waals surface area contributed by atoms with Crippen LogP contribution in [0.15, 0.2) is 0 Å². The van der Waals surface area contributed by atoms with E-state index in [2.05, 4.69) is 21.3 Å². The van der Waals surface area contributed by atoms with E-state index in [1.54, 1.807) is 4.90 Å². The summed E-state index contributed by atoms with van der Waals surface area (Å²) in [5, 5.41) is 11.0. The Bertz CT molecular complexity index is 1240. The summed E-state index contributed by atoms with van der Waals surface area (Å²) in [6.45, 7) is 12.6. The van der Waals surface area contributed by atoms with Gasteiger partial charge in [0.2, 0.25) is 27.6 Å². The van der Waals surface area contributed by atoms with Crippen molar-refractivity contribution in [3.8, 4) is 0 Å².